The molecule has 0 aliphatic rings. The van der Waals surface area contributed by atoms with Gasteiger partial charge in [0.15, 0.2) is 5.69 Å². The van der Waals surface area contributed by atoms with Gasteiger partial charge in [0.2, 0.25) is 0 Å². The van der Waals surface area contributed by atoms with Gasteiger partial charge in [-0.3, -0.25) is 0 Å². The molecule has 0 aliphatic carbocycles. The van der Waals surface area contributed by atoms with E-state index in [1.807, 2.05) is 0 Å². The van der Waals surface area contributed by atoms with Gasteiger partial charge in [0.1, 0.15) is 6.33 Å². The van der Waals surface area contributed by atoms with Crippen molar-refractivity contribution in [2.75, 3.05) is 7.11 Å². The average Bonchev–Trinajstić information content (AvgIpc) is 2.71. The number of rotatable bonds is 2. The summed E-state index contributed by atoms with van der Waals surface area (Å²) < 4.78 is 6.04. The van der Waals surface area contributed by atoms with Crippen molar-refractivity contribution in [1.82, 2.24) is 9.38 Å². The molecule has 6 heteroatoms. The summed E-state index contributed by atoms with van der Waals surface area (Å²) in [4.78, 5) is 26.1. The lowest BCUT2D eigenvalue weighted by Crippen LogP contribution is -2.06. The van der Waals surface area contributed by atoms with Gasteiger partial charge in [-0.25, -0.2) is 14.6 Å². The van der Waals surface area contributed by atoms with Crippen molar-refractivity contribution in [3.05, 3.63) is 35.9 Å². The van der Waals surface area contributed by atoms with E-state index in [1.165, 1.54) is 23.9 Å². The van der Waals surface area contributed by atoms with Gasteiger partial charge in [-0.15, -0.1) is 0 Å². The van der Waals surface area contributed by atoms with Crippen LogP contribution < -0.4 is 0 Å². The number of carboxylic acids is 1. The Morgan fingerprint density at radius 3 is 2.88 bits per heavy atom. The highest BCUT2D eigenvalue weighted by Gasteiger charge is 2.19. The molecule has 0 aromatic carbocycles. The molecule has 0 amide bonds. The standard InChI is InChI=1S/C10H8N2O4/c1-16-10(15)6-3-2-4-12-5-11-7(8(6)12)9(13)14/h2-5H,1H3,(H,13,14). The van der Waals surface area contributed by atoms with Crippen LogP contribution in [0.2, 0.25) is 0 Å². The normalized spacial score (nSPS) is 10.3. The van der Waals surface area contributed by atoms with Crippen LogP contribution in [0.3, 0.4) is 0 Å². The van der Waals surface area contributed by atoms with Crippen molar-refractivity contribution in [2.24, 2.45) is 0 Å². The molecule has 0 aliphatic heterocycles. The molecule has 6 nitrogen and oxygen atoms in total. The molecular formula is C10H8N2O4. The number of pyridine rings is 1. The van der Waals surface area contributed by atoms with Gasteiger partial charge in [0.25, 0.3) is 0 Å². The zero-order valence-corrected chi connectivity index (χ0v) is 8.38. The lowest BCUT2D eigenvalue weighted by atomic mass is 10.2. The Morgan fingerprint density at radius 2 is 2.25 bits per heavy atom. The number of hydrogen-bond acceptors (Lipinski definition) is 4. The quantitative estimate of drug-likeness (QED) is 0.757. The Balaban J connectivity index is 2.78. The van der Waals surface area contributed by atoms with Crippen molar-refractivity contribution in [2.45, 2.75) is 0 Å². The van der Waals surface area contributed by atoms with Crippen molar-refractivity contribution < 1.29 is 19.4 Å². The minimum atomic E-state index is -1.18. The summed E-state index contributed by atoms with van der Waals surface area (Å²) in [5.74, 6) is -1.77. The van der Waals surface area contributed by atoms with E-state index in [2.05, 4.69) is 9.72 Å². The largest absolute Gasteiger partial charge is 0.476 e. The van der Waals surface area contributed by atoms with Crippen LogP contribution >= 0.6 is 0 Å². The first-order valence-electron chi connectivity index (χ1n) is 4.42. The van der Waals surface area contributed by atoms with Crippen LogP contribution in [0.4, 0.5) is 0 Å². The number of aromatic nitrogens is 2. The number of fused-ring (bicyclic) bond motifs is 1. The molecule has 2 aromatic heterocycles. The number of esters is 1. The second-order valence-electron chi connectivity index (χ2n) is 3.07. The number of imidazole rings is 1. The Morgan fingerprint density at radius 1 is 1.50 bits per heavy atom. The topological polar surface area (TPSA) is 80.9 Å². The molecule has 2 rings (SSSR count). The third-order valence-electron chi connectivity index (χ3n) is 2.17. The predicted octanol–water partition coefficient (Wildman–Crippen LogP) is 0.819. The Kier molecular flexibility index (Phi) is 2.32. The van der Waals surface area contributed by atoms with Crippen LogP contribution in [0.5, 0.6) is 0 Å². The maximum atomic E-state index is 11.4. The van der Waals surface area contributed by atoms with Gasteiger partial charge >= 0.3 is 11.9 Å². The summed E-state index contributed by atoms with van der Waals surface area (Å²) >= 11 is 0. The van der Waals surface area contributed by atoms with Crippen molar-refractivity contribution in [3.63, 3.8) is 0 Å². The third kappa shape index (κ3) is 1.40. The van der Waals surface area contributed by atoms with Crippen LogP contribution in [0.25, 0.3) is 5.52 Å². The van der Waals surface area contributed by atoms with Crippen molar-refractivity contribution in [3.8, 4) is 0 Å². The van der Waals surface area contributed by atoms with E-state index in [0.29, 0.717) is 0 Å². The Hall–Kier alpha value is -2.37. The minimum absolute atomic E-state index is 0.166. The maximum absolute atomic E-state index is 11.4. The average molecular weight is 220 g/mol. The number of carbonyl (C=O) groups excluding carboxylic acids is 1. The molecule has 0 atom stereocenters. The predicted molar refractivity (Wildman–Crippen MR) is 53.5 cm³/mol. The summed E-state index contributed by atoms with van der Waals surface area (Å²) in [5, 5.41) is 8.92. The monoisotopic (exact) mass is 220 g/mol. The molecule has 0 bridgehead atoms. The fraction of sp³-hybridized carbons (Fsp3) is 0.100. The molecule has 0 saturated heterocycles. The first kappa shape index (κ1) is 10.2. The van der Waals surface area contributed by atoms with Crippen LogP contribution in [-0.4, -0.2) is 33.5 Å². The van der Waals surface area contributed by atoms with Gasteiger partial charge in [0, 0.05) is 6.20 Å². The summed E-state index contributed by atoms with van der Waals surface area (Å²) in [7, 11) is 1.24. The molecule has 0 radical (unpaired) electrons. The van der Waals surface area contributed by atoms with Crippen LogP contribution in [0.1, 0.15) is 20.8 Å². The third-order valence-corrected chi connectivity index (χ3v) is 2.17. The Labute approximate surface area is 90.1 Å². The van der Waals surface area contributed by atoms with E-state index >= 15 is 0 Å². The molecule has 0 saturated carbocycles. The highest BCUT2D eigenvalue weighted by atomic mass is 16.5. The molecule has 82 valence electrons. The van der Waals surface area contributed by atoms with Crippen molar-refractivity contribution in [1.29, 1.82) is 0 Å². The van der Waals surface area contributed by atoms with Gasteiger partial charge in [0.05, 0.1) is 18.2 Å². The molecular weight excluding hydrogens is 212 g/mol. The van der Waals surface area contributed by atoms with E-state index in [1.54, 1.807) is 12.3 Å². The maximum Gasteiger partial charge on any atom is 0.356 e. The number of carbonyl (C=O) groups is 2. The highest BCUT2D eigenvalue weighted by molar-refractivity contribution is 6.04. The SMILES string of the molecule is COC(=O)c1cccn2cnc(C(=O)O)c12. The molecule has 0 spiro atoms. The second-order valence-corrected chi connectivity index (χ2v) is 3.07. The molecule has 1 N–H and O–H groups in total. The lowest BCUT2D eigenvalue weighted by Gasteiger charge is -2.02. The molecule has 2 aromatic rings. The molecule has 2 heterocycles. The molecule has 0 fully saturated rings. The van der Waals surface area contributed by atoms with E-state index in [9.17, 15) is 9.59 Å². The number of ether oxygens (including phenoxy) is 1. The van der Waals surface area contributed by atoms with Gasteiger partial charge in [-0.05, 0) is 12.1 Å². The van der Waals surface area contributed by atoms with E-state index in [-0.39, 0.29) is 16.8 Å². The Bertz CT molecular complexity index is 573. The number of nitrogens with zero attached hydrogens (tertiary/aromatic N) is 2. The first-order chi connectivity index (χ1) is 7.65. The molecule has 0 unspecified atom stereocenters. The van der Waals surface area contributed by atoms with Gasteiger partial charge in [-0.2, -0.15) is 0 Å². The second kappa shape index (κ2) is 3.65. The fourth-order valence-corrected chi connectivity index (χ4v) is 1.48. The molecule has 16 heavy (non-hydrogen) atoms. The number of hydrogen-bond donors (Lipinski definition) is 1. The number of carboxylic acid groups (broad SMARTS) is 1. The van der Waals surface area contributed by atoms with E-state index < -0.39 is 11.9 Å². The lowest BCUT2D eigenvalue weighted by molar-refractivity contribution is 0.0602. The van der Waals surface area contributed by atoms with E-state index in [0.717, 1.165) is 0 Å². The van der Waals surface area contributed by atoms with Crippen molar-refractivity contribution >= 4 is 17.5 Å². The van der Waals surface area contributed by atoms with Crippen LogP contribution in [-0.2, 0) is 4.74 Å². The summed E-state index contributed by atoms with van der Waals surface area (Å²) in [5.41, 5.74) is 0.253. The zero-order valence-electron chi connectivity index (χ0n) is 8.38. The first-order valence-corrected chi connectivity index (χ1v) is 4.42. The summed E-state index contributed by atoms with van der Waals surface area (Å²) in [6, 6.07) is 3.11. The van der Waals surface area contributed by atoms with Gasteiger partial charge in [-0.1, -0.05) is 0 Å². The van der Waals surface area contributed by atoms with Crippen LogP contribution in [0, 0.1) is 0 Å². The van der Waals surface area contributed by atoms with Crippen LogP contribution in [0.15, 0.2) is 24.7 Å². The minimum Gasteiger partial charge on any atom is -0.476 e. The fourth-order valence-electron chi connectivity index (χ4n) is 1.48. The zero-order chi connectivity index (χ0) is 11.7. The number of aromatic carboxylic acids is 1. The summed E-state index contributed by atoms with van der Waals surface area (Å²) in [6.07, 6.45) is 2.95. The highest BCUT2D eigenvalue weighted by Crippen LogP contribution is 2.16. The summed E-state index contributed by atoms with van der Waals surface area (Å²) in [6.45, 7) is 0. The smallest absolute Gasteiger partial charge is 0.356 e. The number of methoxy groups -OCH3 is 1. The van der Waals surface area contributed by atoms with Gasteiger partial charge < -0.3 is 14.2 Å². The van der Waals surface area contributed by atoms with E-state index in [4.69, 9.17) is 5.11 Å².